The fourth-order valence-corrected chi connectivity index (χ4v) is 3.00. The normalized spacial score (nSPS) is 18.8. The molecule has 2 aromatic rings. The highest BCUT2D eigenvalue weighted by atomic mass is 16.5. The van der Waals surface area contributed by atoms with Crippen LogP contribution in [0.4, 0.5) is 0 Å². The maximum Gasteiger partial charge on any atom is 0.354 e. The van der Waals surface area contributed by atoms with Crippen molar-refractivity contribution in [3.05, 3.63) is 58.9 Å². The Hall–Kier alpha value is -2.11. The van der Waals surface area contributed by atoms with Crippen molar-refractivity contribution in [2.75, 3.05) is 26.8 Å². The Balaban J connectivity index is 1.66. The van der Waals surface area contributed by atoms with Gasteiger partial charge in [-0.15, -0.1) is 0 Å². The first-order valence-corrected chi connectivity index (χ1v) is 7.82. The van der Waals surface area contributed by atoms with Gasteiger partial charge in [-0.25, -0.2) is 4.79 Å². The quantitative estimate of drug-likeness (QED) is 0.882. The summed E-state index contributed by atoms with van der Waals surface area (Å²) in [6.07, 6.45) is 1.97. The zero-order valence-electron chi connectivity index (χ0n) is 13.5. The summed E-state index contributed by atoms with van der Waals surface area (Å²) in [5.41, 5.74) is 4.08. The van der Waals surface area contributed by atoms with Crippen LogP contribution in [0.25, 0.3) is 0 Å². The molecule has 3 rings (SSSR count). The first kappa shape index (κ1) is 15.8. The number of aryl methyl sites for hydroxylation is 1. The summed E-state index contributed by atoms with van der Waals surface area (Å²) >= 11 is 0. The molecule has 0 spiro atoms. The lowest BCUT2D eigenvalue weighted by Crippen LogP contribution is -2.37. The van der Waals surface area contributed by atoms with Gasteiger partial charge in [-0.1, -0.05) is 24.3 Å². The van der Waals surface area contributed by atoms with Gasteiger partial charge in [0.1, 0.15) is 5.69 Å². The fourth-order valence-electron chi connectivity index (χ4n) is 3.00. The largest absolute Gasteiger partial charge is 0.464 e. The van der Waals surface area contributed by atoms with E-state index < -0.39 is 0 Å². The van der Waals surface area contributed by atoms with E-state index in [9.17, 15) is 4.79 Å². The molecule has 1 atom stereocenters. The van der Waals surface area contributed by atoms with Crippen LogP contribution in [0.15, 0.2) is 36.5 Å². The molecular weight excluding hydrogens is 292 g/mol. The van der Waals surface area contributed by atoms with Crippen molar-refractivity contribution in [3.8, 4) is 0 Å². The topological polar surface area (TPSA) is 54.6 Å². The van der Waals surface area contributed by atoms with Crippen molar-refractivity contribution in [1.82, 2.24) is 9.88 Å². The average molecular weight is 314 g/mol. The minimum absolute atomic E-state index is 0.101. The standard InChI is InChI=1S/C18H22N2O3/c1-13-5-3-4-6-15(13)17-12-20(7-8-23-17)11-14-9-16(19-10-14)18(21)22-2/h3-6,9-10,17,19H,7-8,11-12H2,1-2H3/t17-/m1/s1. The molecule has 0 saturated carbocycles. The summed E-state index contributed by atoms with van der Waals surface area (Å²) in [4.78, 5) is 16.8. The number of hydrogen-bond donors (Lipinski definition) is 1. The van der Waals surface area contributed by atoms with Crippen molar-refractivity contribution in [2.24, 2.45) is 0 Å². The van der Waals surface area contributed by atoms with Crippen LogP contribution >= 0.6 is 0 Å². The molecule has 122 valence electrons. The lowest BCUT2D eigenvalue weighted by atomic mass is 10.0. The van der Waals surface area contributed by atoms with Gasteiger partial charge < -0.3 is 14.5 Å². The highest BCUT2D eigenvalue weighted by molar-refractivity contribution is 5.87. The monoisotopic (exact) mass is 314 g/mol. The first-order chi connectivity index (χ1) is 11.2. The number of benzene rings is 1. The van der Waals surface area contributed by atoms with Gasteiger partial charge in [0, 0.05) is 25.8 Å². The van der Waals surface area contributed by atoms with Crippen molar-refractivity contribution in [3.63, 3.8) is 0 Å². The van der Waals surface area contributed by atoms with Gasteiger partial charge in [0.25, 0.3) is 0 Å². The Labute approximate surface area is 136 Å². The highest BCUT2D eigenvalue weighted by Crippen LogP contribution is 2.25. The van der Waals surface area contributed by atoms with Crippen LogP contribution < -0.4 is 0 Å². The third kappa shape index (κ3) is 3.63. The van der Waals surface area contributed by atoms with E-state index in [1.165, 1.54) is 18.2 Å². The number of nitrogens with one attached hydrogen (secondary N) is 1. The second-order valence-corrected chi connectivity index (χ2v) is 5.86. The maximum atomic E-state index is 11.5. The molecule has 0 amide bonds. The minimum Gasteiger partial charge on any atom is -0.464 e. The number of ether oxygens (including phenoxy) is 2. The number of H-pyrrole nitrogens is 1. The Kier molecular flexibility index (Phi) is 4.79. The van der Waals surface area contributed by atoms with Crippen molar-refractivity contribution in [2.45, 2.75) is 19.6 Å². The molecule has 0 radical (unpaired) electrons. The molecule has 1 saturated heterocycles. The van der Waals surface area contributed by atoms with Crippen LogP contribution in [0, 0.1) is 6.92 Å². The number of nitrogens with zero attached hydrogens (tertiary/aromatic N) is 1. The molecule has 0 unspecified atom stereocenters. The third-order valence-electron chi connectivity index (χ3n) is 4.24. The molecule has 1 aliphatic rings. The highest BCUT2D eigenvalue weighted by Gasteiger charge is 2.23. The van der Waals surface area contributed by atoms with Crippen LogP contribution in [0.2, 0.25) is 0 Å². The summed E-state index contributed by atoms with van der Waals surface area (Å²) in [5.74, 6) is -0.337. The average Bonchev–Trinajstić information content (AvgIpc) is 3.03. The molecule has 2 heterocycles. The minimum atomic E-state index is -0.337. The Morgan fingerprint density at radius 1 is 1.43 bits per heavy atom. The second-order valence-electron chi connectivity index (χ2n) is 5.86. The molecule has 1 aromatic heterocycles. The van der Waals surface area contributed by atoms with E-state index in [1.54, 1.807) is 0 Å². The predicted molar refractivity (Wildman–Crippen MR) is 87.3 cm³/mol. The number of carbonyl (C=O) groups is 1. The van der Waals surface area contributed by atoms with E-state index in [-0.39, 0.29) is 12.1 Å². The molecule has 1 aromatic carbocycles. The van der Waals surface area contributed by atoms with Crippen LogP contribution in [-0.4, -0.2) is 42.7 Å². The summed E-state index contributed by atoms with van der Waals surface area (Å²) in [5, 5.41) is 0. The number of aromatic amines is 1. The smallest absolute Gasteiger partial charge is 0.354 e. The summed E-state index contributed by atoms with van der Waals surface area (Å²) < 4.78 is 10.7. The molecule has 0 bridgehead atoms. The van der Waals surface area contributed by atoms with Gasteiger partial charge in [-0.05, 0) is 29.7 Å². The predicted octanol–water partition coefficient (Wildman–Crippen LogP) is 2.68. The lowest BCUT2D eigenvalue weighted by molar-refractivity contribution is -0.0332. The first-order valence-electron chi connectivity index (χ1n) is 7.82. The van der Waals surface area contributed by atoms with E-state index >= 15 is 0 Å². The maximum absolute atomic E-state index is 11.5. The van der Waals surface area contributed by atoms with Crippen LogP contribution in [0.3, 0.4) is 0 Å². The molecule has 5 heteroatoms. The SMILES string of the molecule is COC(=O)c1cc(CN2CCO[C@@H](c3ccccc3C)C2)c[nH]1. The van der Waals surface area contributed by atoms with Gasteiger partial charge in [-0.3, -0.25) is 4.90 Å². The van der Waals surface area contributed by atoms with E-state index in [4.69, 9.17) is 9.47 Å². The Morgan fingerprint density at radius 3 is 3.04 bits per heavy atom. The molecule has 1 fully saturated rings. The molecular formula is C18H22N2O3. The second kappa shape index (κ2) is 6.98. The number of carbonyl (C=O) groups excluding carboxylic acids is 1. The molecule has 1 N–H and O–H groups in total. The van der Waals surface area contributed by atoms with Crippen molar-refractivity contribution >= 4 is 5.97 Å². The van der Waals surface area contributed by atoms with E-state index in [0.29, 0.717) is 12.3 Å². The summed E-state index contributed by atoms with van der Waals surface area (Å²) in [7, 11) is 1.39. The van der Waals surface area contributed by atoms with Gasteiger partial charge in [0.15, 0.2) is 0 Å². The van der Waals surface area contributed by atoms with Crippen molar-refractivity contribution < 1.29 is 14.3 Å². The van der Waals surface area contributed by atoms with Gasteiger partial charge >= 0.3 is 5.97 Å². The lowest BCUT2D eigenvalue weighted by Gasteiger charge is -2.33. The zero-order chi connectivity index (χ0) is 16.2. The van der Waals surface area contributed by atoms with E-state index in [1.807, 2.05) is 18.3 Å². The van der Waals surface area contributed by atoms with Gasteiger partial charge in [0.05, 0.1) is 19.8 Å². The van der Waals surface area contributed by atoms with Crippen molar-refractivity contribution in [1.29, 1.82) is 0 Å². The van der Waals surface area contributed by atoms with E-state index in [2.05, 4.69) is 35.0 Å². The number of morpholine rings is 1. The van der Waals surface area contributed by atoms with Crippen LogP contribution in [-0.2, 0) is 16.0 Å². The third-order valence-corrected chi connectivity index (χ3v) is 4.24. The molecule has 1 aliphatic heterocycles. The van der Waals surface area contributed by atoms with Crippen LogP contribution in [0.5, 0.6) is 0 Å². The van der Waals surface area contributed by atoms with Gasteiger partial charge in [0.2, 0.25) is 0 Å². The van der Waals surface area contributed by atoms with Crippen LogP contribution in [0.1, 0.15) is 33.3 Å². The number of hydrogen-bond acceptors (Lipinski definition) is 4. The molecule has 23 heavy (non-hydrogen) atoms. The number of rotatable bonds is 4. The number of methoxy groups -OCH3 is 1. The number of aromatic nitrogens is 1. The van der Waals surface area contributed by atoms with E-state index in [0.717, 1.165) is 25.2 Å². The molecule has 0 aliphatic carbocycles. The molecule has 5 nitrogen and oxygen atoms in total. The Bertz CT molecular complexity index is 680. The number of esters is 1. The Morgan fingerprint density at radius 2 is 2.26 bits per heavy atom. The summed E-state index contributed by atoms with van der Waals surface area (Å²) in [6.45, 7) is 5.36. The fraction of sp³-hybridized carbons (Fsp3) is 0.389. The zero-order valence-corrected chi connectivity index (χ0v) is 13.5. The summed E-state index contributed by atoms with van der Waals surface area (Å²) in [6, 6.07) is 10.2. The van der Waals surface area contributed by atoms with Gasteiger partial charge in [-0.2, -0.15) is 0 Å².